The predicted octanol–water partition coefficient (Wildman–Crippen LogP) is 1.54. The Labute approximate surface area is 133 Å². The molecule has 0 saturated carbocycles. The molecule has 23 heavy (non-hydrogen) atoms. The van der Waals surface area contributed by atoms with Crippen LogP contribution >= 0.6 is 0 Å². The smallest absolute Gasteiger partial charge is 0.312 e. The van der Waals surface area contributed by atoms with Crippen LogP contribution in [-0.4, -0.2) is 22.4 Å². The van der Waals surface area contributed by atoms with Crippen molar-refractivity contribution < 1.29 is 4.79 Å². The molecule has 1 aromatic carbocycles. The van der Waals surface area contributed by atoms with Gasteiger partial charge in [0.15, 0.2) is 0 Å². The number of nitrogens with one attached hydrogen (secondary N) is 2. The van der Waals surface area contributed by atoms with E-state index in [1.165, 1.54) is 11.6 Å². The lowest BCUT2D eigenvalue weighted by Gasteiger charge is -2.34. The number of fused-ring (bicyclic) bond motifs is 1. The zero-order chi connectivity index (χ0) is 16.4. The highest BCUT2D eigenvalue weighted by Gasteiger charge is 2.27. The second kappa shape index (κ2) is 6.24. The fourth-order valence-corrected chi connectivity index (χ4v) is 3.20. The second-order valence-electron chi connectivity index (χ2n) is 5.79. The number of rotatable bonds is 3. The zero-order valence-corrected chi connectivity index (χ0v) is 13.0. The van der Waals surface area contributed by atoms with Crippen molar-refractivity contribution in [3.05, 3.63) is 62.4 Å². The Morgan fingerprint density at radius 1 is 1.26 bits per heavy atom. The van der Waals surface area contributed by atoms with Gasteiger partial charge >= 0.3 is 5.69 Å². The van der Waals surface area contributed by atoms with Crippen molar-refractivity contribution in [3.8, 4) is 0 Å². The van der Waals surface area contributed by atoms with E-state index in [-0.39, 0.29) is 12.3 Å². The van der Waals surface area contributed by atoms with Crippen LogP contribution in [0.2, 0.25) is 0 Å². The number of benzene rings is 1. The fraction of sp³-hybridized carbons (Fsp3) is 0.353. The number of H-pyrrole nitrogens is 2. The van der Waals surface area contributed by atoms with Gasteiger partial charge in [-0.05, 0) is 30.4 Å². The van der Waals surface area contributed by atoms with Gasteiger partial charge < -0.3 is 9.88 Å². The lowest BCUT2D eigenvalue weighted by Crippen LogP contribution is -2.38. The normalized spacial score (nSPS) is 16.9. The molecule has 2 heterocycles. The number of carbonyl (C=O) groups is 1. The Hall–Kier alpha value is -2.63. The van der Waals surface area contributed by atoms with Gasteiger partial charge in [0, 0.05) is 24.0 Å². The molecule has 2 aromatic rings. The first-order valence-corrected chi connectivity index (χ1v) is 7.80. The van der Waals surface area contributed by atoms with Gasteiger partial charge in [0.1, 0.15) is 0 Å². The molecule has 1 aliphatic heterocycles. The minimum Gasteiger partial charge on any atom is -0.312 e. The molecule has 0 spiro atoms. The van der Waals surface area contributed by atoms with E-state index in [0.717, 1.165) is 18.5 Å². The van der Waals surface area contributed by atoms with E-state index in [1.54, 1.807) is 4.90 Å². The molecule has 1 aromatic heterocycles. The van der Waals surface area contributed by atoms with Crippen LogP contribution in [0.15, 0.2) is 39.9 Å². The number of amides is 1. The van der Waals surface area contributed by atoms with Crippen molar-refractivity contribution in [2.45, 2.75) is 32.1 Å². The minimum absolute atomic E-state index is 0.00425. The standard InChI is InChI=1S/C17H19N3O3/c1-2-11-7-8-20(14-6-4-3-5-13(11)14)16(22)10-12-9-15(21)19-17(23)18-12/h3-6,9,11H,2,7-8,10H2,1H3,(H2,18,19,21,23). The fourth-order valence-electron chi connectivity index (χ4n) is 3.20. The molecule has 120 valence electrons. The molecular formula is C17H19N3O3. The molecule has 1 unspecified atom stereocenters. The monoisotopic (exact) mass is 313 g/mol. The molecule has 0 radical (unpaired) electrons. The molecule has 6 nitrogen and oxygen atoms in total. The van der Waals surface area contributed by atoms with Gasteiger partial charge in [0.25, 0.3) is 5.56 Å². The molecule has 0 bridgehead atoms. The zero-order valence-electron chi connectivity index (χ0n) is 13.0. The summed E-state index contributed by atoms with van der Waals surface area (Å²) in [5.41, 5.74) is 1.36. The molecule has 2 N–H and O–H groups in total. The third-order valence-corrected chi connectivity index (χ3v) is 4.32. The Kier molecular flexibility index (Phi) is 4.14. The van der Waals surface area contributed by atoms with E-state index in [1.807, 2.05) is 18.2 Å². The van der Waals surface area contributed by atoms with Gasteiger partial charge in [-0.2, -0.15) is 0 Å². The number of carbonyl (C=O) groups excluding carboxylic acids is 1. The summed E-state index contributed by atoms with van der Waals surface area (Å²) in [6, 6.07) is 9.19. The van der Waals surface area contributed by atoms with E-state index in [4.69, 9.17) is 0 Å². The number of para-hydroxylation sites is 1. The van der Waals surface area contributed by atoms with Crippen LogP contribution in [0.4, 0.5) is 5.69 Å². The number of aromatic amines is 2. The number of nitrogens with zero attached hydrogens (tertiary/aromatic N) is 1. The topological polar surface area (TPSA) is 86.0 Å². The highest BCUT2D eigenvalue weighted by molar-refractivity contribution is 5.95. The molecule has 1 atom stereocenters. The van der Waals surface area contributed by atoms with Crippen LogP contribution in [0.3, 0.4) is 0 Å². The Morgan fingerprint density at radius 3 is 2.78 bits per heavy atom. The average molecular weight is 313 g/mol. The molecule has 0 saturated heterocycles. The SMILES string of the molecule is CCC1CCN(C(=O)Cc2cc(=O)[nH]c(=O)[nH]2)c2ccccc21. The van der Waals surface area contributed by atoms with Crippen LogP contribution in [0.5, 0.6) is 0 Å². The maximum absolute atomic E-state index is 12.6. The Bertz CT molecular complexity index is 809. The number of anilines is 1. The van der Waals surface area contributed by atoms with Gasteiger partial charge in [-0.1, -0.05) is 25.1 Å². The number of hydrogen-bond donors (Lipinski definition) is 2. The summed E-state index contributed by atoms with van der Waals surface area (Å²) in [5.74, 6) is 0.350. The molecule has 0 fully saturated rings. The summed E-state index contributed by atoms with van der Waals surface area (Å²) in [6.07, 6.45) is 1.97. The van der Waals surface area contributed by atoms with Crippen molar-refractivity contribution >= 4 is 11.6 Å². The largest absolute Gasteiger partial charge is 0.325 e. The van der Waals surface area contributed by atoms with Crippen molar-refractivity contribution in [3.63, 3.8) is 0 Å². The highest BCUT2D eigenvalue weighted by Crippen LogP contribution is 2.37. The summed E-state index contributed by atoms with van der Waals surface area (Å²) in [4.78, 5) is 41.7. The van der Waals surface area contributed by atoms with Crippen molar-refractivity contribution in [2.24, 2.45) is 0 Å². The Balaban J connectivity index is 1.88. The van der Waals surface area contributed by atoms with Gasteiger partial charge in [-0.15, -0.1) is 0 Å². The summed E-state index contributed by atoms with van der Waals surface area (Å²) < 4.78 is 0. The van der Waals surface area contributed by atoms with E-state index in [9.17, 15) is 14.4 Å². The third kappa shape index (κ3) is 3.11. The van der Waals surface area contributed by atoms with Gasteiger partial charge in [-0.25, -0.2) is 4.79 Å². The van der Waals surface area contributed by atoms with Crippen LogP contribution < -0.4 is 16.1 Å². The summed E-state index contributed by atoms with van der Waals surface area (Å²) in [7, 11) is 0. The van der Waals surface area contributed by atoms with E-state index in [0.29, 0.717) is 18.2 Å². The maximum atomic E-state index is 12.6. The van der Waals surface area contributed by atoms with Gasteiger partial charge in [0.05, 0.1) is 6.42 Å². The molecule has 3 rings (SSSR count). The van der Waals surface area contributed by atoms with Crippen molar-refractivity contribution in [1.29, 1.82) is 0 Å². The lowest BCUT2D eigenvalue weighted by molar-refractivity contribution is -0.118. The van der Waals surface area contributed by atoms with Crippen molar-refractivity contribution in [1.82, 2.24) is 9.97 Å². The third-order valence-electron chi connectivity index (χ3n) is 4.32. The van der Waals surface area contributed by atoms with Gasteiger partial charge in [-0.3, -0.25) is 14.6 Å². The summed E-state index contributed by atoms with van der Waals surface area (Å²) in [6.45, 7) is 2.81. The minimum atomic E-state index is -0.592. The van der Waals surface area contributed by atoms with Crippen molar-refractivity contribution in [2.75, 3.05) is 11.4 Å². The average Bonchev–Trinajstić information content (AvgIpc) is 2.52. The molecule has 1 aliphatic rings. The van der Waals surface area contributed by atoms with Crippen LogP contribution in [0.1, 0.15) is 36.9 Å². The van der Waals surface area contributed by atoms with Crippen LogP contribution in [-0.2, 0) is 11.2 Å². The Morgan fingerprint density at radius 2 is 2.04 bits per heavy atom. The highest BCUT2D eigenvalue weighted by atomic mass is 16.2. The predicted molar refractivity (Wildman–Crippen MR) is 87.8 cm³/mol. The van der Waals surface area contributed by atoms with E-state index in [2.05, 4.69) is 23.0 Å². The second-order valence-corrected chi connectivity index (χ2v) is 5.79. The van der Waals surface area contributed by atoms with Crippen LogP contribution in [0.25, 0.3) is 0 Å². The lowest BCUT2D eigenvalue weighted by atomic mass is 9.88. The molecular weight excluding hydrogens is 294 g/mol. The first kappa shape index (κ1) is 15.3. The quantitative estimate of drug-likeness (QED) is 0.901. The number of aromatic nitrogens is 2. The first-order chi connectivity index (χ1) is 11.1. The summed E-state index contributed by atoms with van der Waals surface area (Å²) >= 11 is 0. The maximum Gasteiger partial charge on any atom is 0.325 e. The van der Waals surface area contributed by atoms with E-state index < -0.39 is 11.2 Å². The van der Waals surface area contributed by atoms with Gasteiger partial charge in [0.2, 0.25) is 5.91 Å². The van der Waals surface area contributed by atoms with Crippen LogP contribution in [0, 0.1) is 0 Å². The summed E-state index contributed by atoms with van der Waals surface area (Å²) in [5, 5.41) is 0. The molecule has 1 amide bonds. The van der Waals surface area contributed by atoms with E-state index >= 15 is 0 Å². The number of hydrogen-bond acceptors (Lipinski definition) is 3. The molecule has 6 heteroatoms. The molecule has 0 aliphatic carbocycles. The first-order valence-electron chi connectivity index (χ1n) is 7.80.